The SMILES string of the molecule is Cc1cc(OCC(=O)N(C)c2ccccc2C(=O)NCc2ccccc2)ccc1Br. The average Bonchev–Trinajstić information content (AvgIpc) is 2.78. The molecule has 3 aromatic rings. The monoisotopic (exact) mass is 466 g/mol. The van der Waals surface area contributed by atoms with Gasteiger partial charge in [-0.25, -0.2) is 0 Å². The Morgan fingerprint density at radius 1 is 1.00 bits per heavy atom. The van der Waals surface area contributed by atoms with E-state index in [9.17, 15) is 9.59 Å². The van der Waals surface area contributed by atoms with E-state index in [0.717, 1.165) is 15.6 Å². The van der Waals surface area contributed by atoms with Crippen molar-refractivity contribution >= 4 is 33.4 Å². The first-order chi connectivity index (χ1) is 14.5. The number of hydrogen-bond acceptors (Lipinski definition) is 3. The summed E-state index contributed by atoms with van der Waals surface area (Å²) in [5, 5.41) is 2.91. The number of anilines is 1. The van der Waals surface area contributed by atoms with Crippen LogP contribution in [0.15, 0.2) is 77.3 Å². The summed E-state index contributed by atoms with van der Waals surface area (Å²) in [5.74, 6) is 0.128. The molecule has 0 aliphatic heterocycles. The Hall–Kier alpha value is -3.12. The van der Waals surface area contributed by atoms with Crippen molar-refractivity contribution in [1.82, 2.24) is 5.32 Å². The number of likely N-dealkylation sites (N-methyl/N-ethyl adjacent to an activating group) is 1. The minimum absolute atomic E-state index is 0.127. The van der Waals surface area contributed by atoms with Gasteiger partial charge in [-0.3, -0.25) is 9.59 Å². The van der Waals surface area contributed by atoms with Gasteiger partial charge in [0.15, 0.2) is 6.61 Å². The van der Waals surface area contributed by atoms with Gasteiger partial charge in [0, 0.05) is 18.1 Å². The topological polar surface area (TPSA) is 58.6 Å². The minimum atomic E-state index is -0.251. The summed E-state index contributed by atoms with van der Waals surface area (Å²) in [5.41, 5.74) is 2.99. The van der Waals surface area contributed by atoms with E-state index in [-0.39, 0.29) is 18.4 Å². The van der Waals surface area contributed by atoms with Crippen LogP contribution < -0.4 is 15.0 Å². The van der Waals surface area contributed by atoms with Gasteiger partial charge in [0.2, 0.25) is 0 Å². The van der Waals surface area contributed by atoms with Gasteiger partial charge >= 0.3 is 0 Å². The molecule has 0 saturated carbocycles. The summed E-state index contributed by atoms with van der Waals surface area (Å²) in [6.45, 7) is 2.24. The van der Waals surface area contributed by atoms with E-state index in [4.69, 9.17) is 4.74 Å². The van der Waals surface area contributed by atoms with Crippen LogP contribution in [0.5, 0.6) is 5.75 Å². The third-order valence-electron chi connectivity index (χ3n) is 4.67. The van der Waals surface area contributed by atoms with Crippen LogP contribution in [0.25, 0.3) is 0 Å². The molecule has 0 bridgehead atoms. The summed E-state index contributed by atoms with van der Waals surface area (Å²) >= 11 is 3.44. The smallest absolute Gasteiger partial charge is 0.264 e. The molecule has 0 radical (unpaired) electrons. The highest BCUT2D eigenvalue weighted by molar-refractivity contribution is 9.10. The molecule has 154 valence electrons. The van der Waals surface area contributed by atoms with Crippen LogP contribution in [0.4, 0.5) is 5.69 Å². The zero-order valence-electron chi connectivity index (χ0n) is 16.9. The number of para-hydroxylation sites is 1. The van der Waals surface area contributed by atoms with Crippen LogP contribution in [0.1, 0.15) is 21.5 Å². The van der Waals surface area contributed by atoms with Gasteiger partial charge in [-0.2, -0.15) is 0 Å². The van der Waals surface area contributed by atoms with Crippen molar-refractivity contribution in [2.24, 2.45) is 0 Å². The van der Waals surface area contributed by atoms with Crippen LogP contribution >= 0.6 is 15.9 Å². The van der Waals surface area contributed by atoms with Crippen molar-refractivity contribution in [3.8, 4) is 5.75 Å². The third-order valence-corrected chi connectivity index (χ3v) is 5.56. The normalized spacial score (nSPS) is 10.4. The number of carbonyl (C=O) groups is 2. The fraction of sp³-hybridized carbons (Fsp3) is 0.167. The molecule has 0 aliphatic carbocycles. The van der Waals surface area contributed by atoms with Gasteiger partial charge < -0.3 is 15.0 Å². The fourth-order valence-electron chi connectivity index (χ4n) is 2.91. The van der Waals surface area contributed by atoms with Crippen molar-refractivity contribution < 1.29 is 14.3 Å². The Balaban J connectivity index is 1.66. The van der Waals surface area contributed by atoms with Gasteiger partial charge in [0.05, 0.1) is 11.3 Å². The Morgan fingerprint density at radius 2 is 1.70 bits per heavy atom. The summed E-state index contributed by atoms with van der Waals surface area (Å²) in [4.78, 5) is 26.9. The lowest BCUT2D eigenvalue weighted by atomic mass is 10.1. The van der Waals surface area contributed by atoms with E-state index in [1.807, 2.05) is 49.4 Å². The maximum atomic E-state index is 12.7. The molecule has 0 spiro atoms. The molecule has 0 atom stereocenters. The summed E-state index contributed by atoms with van der Waals surface area (Å²) in [7, 11) is 1.64. The van der Waals surface area contributed by atoms with E-state index in [1.165, 1.54) is 4.90 Å². The van der Waals surface area contributed by atoms with Crippen molar-refractivity contribution in [3.05, 3.63) is 94.0 Å². The van der Waals surface area contributed by atoms with Crippen LogP contribution in [0.3, 0.4) is 0 Å². The quantitative estimate of drug-likeness (QED) is 0.547. The third kappa shape index (κ3) is 5.48. The van der Waals surface area contributed by atoms with Crippen molar-refractivity contribution in [1.29, 1.82) is 0 Å². The average molecular weight is 467 g/mol. The van der Waals surface area contributed by atoms with Crippen LogP contribution in [0, 0.1) is 6.92 Å². The Labute approximate surface area is 184 Å². The second-order valence-electron chi connectivity index (χ2n) is 6.84. The maximum absolute atomic E-state index is 12.7. The van der Waals surface area contributed by atoms with Crippen molar-refractivity contribution in [2.75, 3.05) is 18.6 Å². The molecule has 1 N–H and O–H groups in total. The fourth-order valence-corrected chi connectivity index (χ4v) is 3.16. The number of amides is 2. The second kappa shape index (κ2) is 10.1. The molecular formula is C24H23BrN2O3. The highest BCUT2D eigenvalue weighted by Crippen LogP contribution is 2.23. The lowest BCUT2D eigenvalue weighted by Crippen LogP contribution is -2.33. The first kappa shape index (κ1) is 21.6. The van der Waals surface area contributed by atoms with Gasteiger partial charge in [-0.05, 0) is 48.4 Å². The van der Waals surface area contributed by atoms with E-state index in [1.54, 1.807) is 37.4 Å². The number of carbonyl (C=O) groups excluding carboxylic acids is 2. The van der Waals surface area contributed by atoms with E-state index >= 15 is 0 Å². The van der Waals surface area contributed by atoms with Gasteiger partial charge in [-0.15, -0.1) is 0 Å². The van der Waals surface area contributed by atoms with Gasteiger partial charge in [0.25, 0.3) is 11.8 Å². The van der Waals surface area contributed by atoms with Gasteiger partial charge in [-0.1, -0.05) is 58.4 Å². The number of aryl methyl sites for hydroxylation is 1. The molecule has 2 amide bonds. The minimum Gasteiger partial charge on any atom is -0.484 e. The summed E-state index contributed by atoms with van der Waals surface area (Å²) in [6.07, 6.45) is 0. The second-order valence-corrected chi connectivity index (χ2v) is 7.69. The molecule has 3 aromatic carbocycles. The molecule has 6 heteroatoms. The molecule has 30 heavy (non-hydrogen) atoms. The summed E-state index contributed by atoms with van der Waals surface area (Å²) in [6, 6.07) is 22.3. The molecule has 0 fully saturated rings. The largest absolute Gasteiger partial charge is 0.484 e. The molecule has 3 rings (SSSR count). The Morgan fingerprint density at radius 3 is 2.43 bits per heavy atom. The van der Waals surface area contributed by atoms with Gasteiger partial charge in [0.1, 0.15) is 5.75 Å². The molecule has 0 unspecified atom stereocenters. The lowest BCUT2D eigenvalue weighted by molar-refractivity contribution is -0.120. The standard InChI is InChI=1S/C24H23BrN2O3/c1-17-14-19(12-13-21(17)25)30-16-23(28)27(2)22-11-7-6-10-20(22)24(29)26-15-18-8-4-3-5-9-18/h3-14H,15-16H2,1-2H3,(H,26,29). The lowest BCUT2D eigenvalue weighted by Gasteiger charge is -2.20. The number of nitrogens with zero attached hydrogens (tertiary/aromatic N) is 1. The maximum Gasteiger partial charge on any atom is 0.264 e. The van der Waals surface area contributed by atoms with Crippen LogP contribution in [-0.2, 0) is 11.3 Å². The molecule has 0 heterocycles. The predicted molar refractivity (Wildman–Crippen MR) is 122 cm³/mol. The van der Waals surface area contributed by atoms with E-state index in [0.29, 0.717) is 23.5 Å². The zero-order valence-corrected chi connectivity index (χ0v) is 18.5. The number of benzene rings is 3. The number of halogens is 1. The molecule has 0 aliphatic rings. The van der Waals surface area contributed by atoms with Crippen LogP contribution in [0.2, 0.25) is 0 Å². The highest BCUT2D eigenvalue weighted by atomic mass is 79.9. The summed E-state index contributed by atoms with van der Waals surface area (Å²) < 4.78 is 6.62. The molecule has 0 aromatic heterocycles. The first-order valence-corrected chi connectivity index (χ1v) is 10.3. The van der Waals surface area contributed by atoms with Crippen molar-refractivity contribution in [3.63, 3.8) is 0 Å². The number of ether oxygens (including phenoxy) is 1. The molecule has 0 saturated heterocycles. The van der Waals surface area contributed by atoms with Crippen molar-refractivity contribution in [2.45, 2.75) is 13.5 Å². The first-order valence-electron chi connectivity index (χ1n) is 9.52. The Bertz CT molecular complexity index is 1040. The molecule has 5 nitrogen and oxygen atoms in total. The number of hydrogen-bond donors (Lipinski definition) is 1. The Kier molecular flexibility index (Phi) is 7.25. The van der Waals surface area contributed by atoms with E-state index in [2.05, 4.69) is 21.2 Å². The van der Waals surface area contributed by atoms with E-state index < -0.39 is 0 Å². The van der Waals surface area contributed by atoms with Crippen LogP contribution in [-0.4, -0.2) is 25.5 Å². The zero-order chi connectivity index (χ0) is 21.5. The number of nitrogens with one attached hydrogen (secondary N) is 1. The molecular weight excluding hydrogens is 444 g/mol. The predicted octanol–water partition coefficient (Wildman–Crippen LogP) is 4.73. The highest BCUT2D eigenvalue weighted by Gasteiger charge is 2.19. The number of rotatable bonds is 7.